The van der Waals surface area contributed by atoms with E-state index in [0.29, 0.717) is 5.56 Å². The average molecular weight is 327 g/mol. The van der Waals surface area contributed by atoms with Crippen LogP contribution in [0.5, 0.6) is 5.75 Å². The van der Waals surface area contributed by atoms with Gasteiger partial charge in [0.2, 0.25) is 0 Å². The van der Waals surface area contributed by atoms with Crippen LogP contribution in [-0.2, 0) is 0 Å². The van der Waals surface area contributed by atoms with Gasteiger partial charge in [-0.05, 0) is 24.6 Å². The van der Waals surface area contributed by atoms with Gasteiger partial charge in [-0.2, -0.15) is 0 Å². The second-order valence-electron chi connectivity index (χ2n) is 4.89. The standard InChI is InChI=1S/C15H16F3N3O2/c1-10(13-8-19-6-7-20-13)21-9-14(22)11-2-4-12(5-3-11)23-15(16,17)18/h2-8,10,14,21-22H,9H2,1H3. The summed E-state index contributed by atoms with van der Waals surface area (Å²) < 4.78 is 40.0. The molecule has 2 unspecified atom stereocenters. The third-order valence-corrected chi connectivity index (χ3v) is 3.14. The Hall–Kier alpha value is -2.19. The van der Waals surface area contributed by atoms with Crippen molar-refractivity contribution in [1.29, 1.82) is 0 Å². The molecule has 0 radical (unpaired) electrons. The molecule has 2 atom stereocenters. The molecule has 0 spiro atoms. The summed E-state index contributed by atoms with van der Waals surface area (Å²) in [5.74, 6) is -0.325. The largest absolute Gasteiger partial charge is 0.573 e. The van der Waals surface area contributed by atoms with E-state index in [1.807, 2.05) is 6.92 Å². The van der Waals surface area contributed by atoms with Crippen LogP contribution in [0.2, 0.25) is 0 Å². The number of hydrogen-bond donors (Lipinski definition) is 2. The topological polar surface area (TPSA) is 67.3 Å². The molecule has 1 aromatic heterocycles. The van der Waals surface area contributed by atoms with E-state index >= 15 is 0 Å². The van der Waals surface area contributed by atoms with E-state index in [1.54, 1.807) is 18.6 Å². The molecule has 1 heterocycles. The number of aromatic nitrogens is 2. The van der Waals surface area contributed by atoms with Crippen molar-refractivity contribution in [3.63, 3.8) is 0 Å². The van der Waals surface area contributed by atoms with E-state index in [0.717, 1.165) is 17.8 Å². The number of hydrogen-bond acceptors (Lipinski definition) is 5. The fourth-order valence-corrected chi connectivity index (χ4v) is 1.94. The predicted molar refractivity (Wildman–Crippen MR) is 76.5 cm³/mol. The molecule has 0 amide bonds. The van der Waals surface area contributed by atoms with Crippen LogP contribution >= 0.6 is 0 Å². The Balaban J connectivity index is 1.89. The Morgan fingerprint density at radius 2 is 1.91 bits per heavy atom. The van der Waals surface area contributed by atoms with Crippen LogP contribution in [0.15, 0.2) is 42.9 Å². The number of ether oxygens (including phenoxy) is 1. The van der Waals surface area contributed by atoms with Gasteiger partial charge in [-0.25, -0.2) is 0 Å². The Labute approximate surface area is 131 Å². The fraction of sp³-hybridized carbons (Fsp3) is 0.333. The predicted octanol–water partition coefficient (Wildman–Crippen LogP) is 2.76. The number of halogens is 3. The third-order valence-electron chi connectivity index (χ3n) is 3.14. The summed E-state index contributed by atoms with van der Waals surface area (Å²) in [6, 6.07) is 4.99. The lowest BCUT2D eigenvalue weighted by Crippen LogP contribution is -2.25. The van der Waals surface area contributed by atoms with Gasteiger partial charge in [-0.15, -0.1) is 13.2 Å². The molecule has 1 aromatic carbocycles. The summed E-state index contributed by atoms with van der Waals surface area (Å²) in [5.41, 5.74) is 1.21. The smallest absolute Gasteiger partial charge is 0.406 e. The number of nitrogens with one attached hydrogen (secondary N) is 1. The van der Waals surface area contributed by atoms with Gasteiger partial charge >= 0.3 is 6.36 Å². The fourth-order valence-electron chi connectivity index (χ4n) is 1.94. The quantitative estimate of drug-likeness (QED) is 0.854. The molecule has 0 aliphatic carbocycles. The molecule has 0 bridgehead atoms. The van der Waals surface area contributed by atoms with Crippen LogP contribution in [0, 0.1) is 0 Å². The highest BCUT2D eigenvalue weighted by molar-refractivity contribution is 5.28. The van der Waals surface area contributed by atoms with Gasteiger partial charge in [0.05, 0.1) is 11.8 Å². The van der Waals surface area contributed by atoms with Gasteiger partial charge in [0, 0.05) is 31.2 Å². The molecular weight excluding hydrogens is 311 g/mol. The molecule has 8 heteroatoms. The number of benzene rings is 1. The molecule has 5 nitrogen and oxygen atoms in total. The second-order valence-corrected chi connectivity index (χ2v) is 4.89. The van der Waals surface area contributed by atoms with Gasteiger partial charge < -0.3 is 15.2 Å². The highest BCUT2D eigenvalue weighted by atomic mass is 19.4. The minimum atomic E-state index is -4.73. The number of nitrogens with zero attached hydrogens (tertiary/aromatic N) is 2. The first kappa shape index (κ1) is 17.2. The monoisotopic (exact) mass is 327 g/mol. The number of aliphatic hydroxyl groups is 1. The lowest BCUT2D eigenvalue weighted by molar-refractivity contribution is -0.274. The summed E-state index contributed by atoms with van der Waals surface area (Å²) >= 11 is 0. The molecule has 0 fully saturated rings. The Morgan fingerprint density at radius 3 is 2.48 bits per heavy atom. The molecule has 23 heavy (non-hydrogen) atoms. The van der Waals surface area contributed by atoms with E-state index in [9.17, 15) is 18.3 Å². The minimum absolute atomic E-state index is 0.119. The maximum Gasteiger partial charge on any atom is 0.573 e. The Bertz CT molecular complexity index is 606. The molecule has 2 N–H and O–H groups in total. The highest BCUT2D eigenvalue weighted by Crippen LogP contribution is 2.24. The summed E-state index contributed by atoms with van der Waals surface area (Å²) in [7, 11) is 0. The minimum Gasteiger partial charge on any atom is -0.406 e. The van der Waals surface area contributed by atoms with E-state index in [4.69, 9.17) is 0 Å². The summed E-state index contributed by atoms with van der Waals surface area (Å²) in [6.45, 7) is 2.09. The van der Waals surface area contributed by atoms with Gasteiger partial charge in [0.1, 0.15) is 5.75 Å². The van der Waals surface area contributed by atoms with Gasteiger partial charge in [-0.1, -0.05) is 12.1 Å². The van der Waals surface area contributed by atoms with Gasteiger partial charge in [0.25, 0.3) is 0 Å². The van der Waals surface area contributed by atoms with Crippen molar-refractivity contribution in [3.8, 4) is 5.75 Å². The molecule has 0 aliphatic heterocycles. The van der Waals surface area contributed by atoms with Crippen LogP contribution < -0.4 is 10.1 Å². The number of rotatable bonds is 6. The maximum atomic E-state index is 12.1. The first-order chi connectivity index (χ1) is 10.8. The van der Waals surface area contributed by atoms with Crippen LogP contribution in [-0.4, -0.2) is 28.0 Å². The SMILES string of the molecule is CC(NCC(O)c1ccc(OC(F)(F)F)cc1)c1cnccn1. The van der Waals surface area contributed by atoms with Crippen molar-refractivity contribution in [2.24, 2.45) is 0 Å². The van der Waals surface area contributed by atoms with Crippen molar-refractivity contribution < 1.29 is 23.0 Å². The summed E-state index contributed by atoms with van der Waals surface area (Å²) in [4.78, 5) is 8.10. The van der Waals surface area contributed by atoms with Crippen molar-refractivity contribution in [3.05, 3.63) is 54.1 Å². The Morgan fingerprint density at radius 1 is 1.22 bits per heavy atom. The highest BCUT2D eigenvalue weighted by Gasteiger charge is 2.31. The van der Waals surface area contributed by atoms with E-state index in [2.05, 4.69) is 20.0 Å². The zero-order valence-corrected chi connectivity index (χ0v) is 12.3. The van der Waals surface area contributed by atoms with Crippen molar-refractivity contribution in [2.45, 2.75) is 25.4 Å². The van der Waals surface area contributed by atoms with Crippen molar-refractivity contribution >= 4 is 0 Å². The van der Waals surface area contributed by atoms with Crippen LogP contribution in [0.1, 0.15) is 30.3 Å². The molecule has 124 valence electrons. The summed E-state index contributed by atoms with van der Waals surface area (Å²) in [6.07, 6.45) is -0.839. The van der Waals surface area contributed by atoms with Crippen LogP contribution in [0.25, 0.3) is 0 Å². The number of alkyl halides is 3. The van der Waals surface area contributed by atoms with Gasteiger partial charge in [-0.3, -0.25) is 9.97 Å². The van der Waals surface area contributed by atoms with Crippen LogP contribution in [0.3, 0.4) is 0 Å². The van der Waals surface area contributed by atoms with Crippen molar-refractivity contribution in [2.75, 3.05) is 6.54 Å². The zero-order valence-electron chi connectivity index (χ0n) is 12.3. The van der Waals surface area contributed by atoms with E-state index in [-0.39, 0.29) is 18.3 Å². The van der Waals surface area contributed by atoms with Gasteiger partial charge in [0.15, 0.2) is 0 Å². The maximum absolute atomic E-state index is 12.1. The normalized spacial score (nSPS) is 14.3. The number of aliphatic hydroxyl groups excluding tert-OH is 1. The third kappa shape index (κ3) is 5.50. The molecule has 0 saturated carbocycles. The van der Waals surface area contributed by atoms with E-state index in [1.165, 1.54) is 12.1 Å². The second kappa shape index (κ2) is 7.38. The average Bonchev–Trinajstić information content (AvgIpc) is 2.52. The zero-order chi connectivity index (χ0) is 16.9. The lowest BCUT2D eigenvalue weighted by atomic mass is 10.1. The first-order valence-corrected chi connectivity index (χ1v) is 6.88. The molecule has 0 saturated heterocycles. The van der Waals surface area contributed by atoms with Crippen molar-refractivity contribution in [1.82, 2.24) is 15.3 Å². The first-order valence-electron chi connectivity index (χ1n) is 6.88. The molecule has 0 aliphatic rings. The summed E-state index contributed by atoms with van der Waals surface area (Å²) in [5, 5.41) is 13.2. The Kier molecular flexibility index (Phi) is 5.51. The van der Waals surface area contributed by atoms with Crippen LogP contribution in [0.4, 0.5) is 13.2 Å². The molecule has 2 aromatic rings. The lowest BCUT2D eigenvalue weighted by Gasteiger charge is -2.17. The molecular formula is C15H16F3N3O2. The van der Waals surface area contributed by atoms with E-state index < -0.39 is 12.5 Å². The molecule has 2 rings (SSSR count).